The summed E-state index contributed by atoms with van der Waals surface area (Å²) in [5, 5.41) is 25.5. The van der Waals surface area contributed by atoms with E-state index < -0.39 is 23.2 Å². The highest BCUT2D eigenvalue weighted by Gasteiger charge is 2.25. The van der Waals surface area contributed by atoms with Crippen LogP contribution in [0.25, 0.3) is 10.9 Å². The van der Waals surface area contributed by atoms with Crippen LogP contribution in [-0.2, 0) is 9.59 Å². The summed E-state index contributed by atoms with van der Waals surface area (Å²) in [6, 6.07) is 12.1. The minimum absolute atomic E-state index is 0.0540. The Labute approximate surface area is 131 Å². The third-order valence-electron chi connectivity index (χ3n) is 2.98. The molecule has 0 atom stereocenters. The van der Waals surface area contributed by atoms with Crippen molar-refractivity contribution in [3.63, 3.8) is 0 Å². The van der Waals surface area contributed by atoms with E-state index in [-0.39, 0.29) is 12.1 Å². The second-order valence-corrected chi connectivity index (χ2v) is 4.52. The number of aromatic nitrogens is 1. The van der Waals surface area contributed by atoms with E-state index in [1.165, 1.54) is 11.6 Å². The molecular weight excluding hydrogens is 298 g/mol. The zero-order chi connectivity index (χ0) is 16.8. The van der Waals surface area contributed by atoms with Crippen LogP contribution in [0.5, 0.6) is 0 Å². The number of carbonyl (C=O) groups is 2. The van der Waals surface area contributed by atoms with Crippen molar-refractivity contribution < 1.29 is 19.8 Å². The van der Waals surface area contributed by atoms with E-state index in [1.54, 1.807) is 0 Å². The maximum absolute atomic E-state index is 10.5. The average molecular weight is 311 g/mol. The molecule has 0 bridgehead atoms. The molecule has 0 amide bonds. The molecule has 1 aliphatic rings. The normalized spacial score (nSPS) is 13.5. The molecular formula is C16H13N3O4. The van der Waals surface area contributed by atoms with Crippen molar-refractivity contribution in [3.8, 4) is 0 Å². The van der Waals surface area contributed by atoms with Gasteiger partial charge in [0, 0.05) is 24.2 Å². The molecule has 116 valence electrons. The van der Waals surface area contributed by atoms with E-state index in [2.05, 4.69) is 22.1 Å². The minimum Gasteiger partial charge on any atom is -0.478 e. The van der Waals surface area contributed by atoms with Crippen molar-refractivity contribution in [2.24, 2.45) is 4.99 Å². The number of fused-ring (bicyclic) bond motifs is 1. The van der Waals surface area contributed by atoms with Gasteiger partial charge in [-0.3, -0.25) is 9.98 Å². The summed E-state index contributed by atoms with van der Waals surface area (Å²) in [6.45, 7) is 0. The van der Waals surface area contributed by atoms with Crippen molar-refractivity contribution in [1.82, 2.24) is 4.98 Å². The molecule has 0 saturated heterocycles. The summed E-state index contributed by atoms with van der Waals surface area (Å²) in [5.41, 5.74) is -0.288. The number of nitrogens with one attached hydrogen (secondary N) is 1. The first-order chi connectivity index (χ1) is 11.0. The number of carboxylic acids is 2. The van der Waals surface area contributed by atoms with Crippen LogP contribution in [0.15, 0.2) is 58.9 Å². The van der Waals surface area contributed by atoms with Crippen molar-refractivity contribution >= 4 is 34.8 Å². The molecule has 23 heavy (non-hydrogen) atoms. The molecule has 1 aliphatic heterocycles. The van der Waals surface area contributed by atoms with Crippen LogP contribution in [0.1, 0.15) is 6.42 Å². The third kappa shape index (κ3) is 3.85. The number of para-hydroxylation sites is 1. The Morgan fingerprint density at radius 2 is 1.74 bits per heavy atom. The molecule has 0 aliphatic carbocycles. The summed E-state index contributed by atoms with van der Waals surface area (Å²) in [4.78, 5) is 28.6. The number of aliphatic carboxylic acids is 2. The van der Waals surface area contributed by atoms with E-state index in [9.17, 15) is 9.59 Å². The summed E-state index contributed by atoms with van der Waals surface area (Å²) >= 11 is 0. The fourth-order valence-electron chi connectivity index (χ4n) is 1.95. The van der Waals surface area contributed by atoms with Gasteiger partial charge in [0.2, 0.25) is 0 Å². The van der Waals surface area contributed by atoms with Crippen molar-refractivity contribution in [2.75, 3.05) is 0 Å². The largest absolute Gasteiger partial charge is 0.478 e. The lowest BCUT2D eigenvalue weighted by Gasteiger charge is -2.08. The van der Waals surface area contributed by atoms with Crippen LogP contribution in [0.4, 0.5) is 0 Å². The Hall–Kier alpha value is -3.35. The highest BCUT2D eigenvalue weighted by Crippen LogP contribution is 2.14. The smallest absolute Gasteiger partial charge is 0.355 e. The Bertz CT molecular complexity index is 775. The molecule has 0 spiro atoms. The zero-order valence-corrected chi connectivity index (χ0v) is 11.9. The quantitative estimate of drug-likeness (QED) is 0.783. The van der Waals surface area contributed by atoms with Gasteiger partial charge in [-0.25, -0.2) is 9.59 Å². The molecule has 3 N–H and O–H groups in total. The number of pyridine rings is 1. The highest BCUT2D eigenvalue weighted by atomic mass is 16.4. The van der Waals surface area contributed by atoms with Gasteiger partial charge < -0.3 is 15.6 Å². The molecule has 7 heteroatoms. The number of rotatable bonds is 2. The molecule has 3 rings (SSSR count). The Morgan fingerprint density at radius 1 is 1.04 bits per heavy atom. The molecule has 0 fully saturated rings. The fourth-order valence-corrected chi connectivity index (χ4v) is 1.95. The van der Waals surface area contributed by atoms with Crippen LogP contribution in [0, 0.1) is 5.41 Å². The molecule has 7 nitrogen and oxygen atoms in total. The number of benzene rings is 1. The van der Waals surface area contributed by atoms with Gasteiger partial charge in [0.1, 0.15) is 5.57 Å². The van der Waals surface area contributed by atoms with Crippen LogP contribution in [-0.4, -0.2) is 39.1 Å². The first-order valence-corrected chi connectivity index (χ1v) is 6.61. The molecule has 1 aromatic carbocycles. The van der Waals surface area contributed by atoms with Crippen molar-refractivity contribution in [2.45, 2.75) is 6.42 Å². The van der Waals surface area contributed by atoms with Gasteiger partial charge in [0.25, 0.3) is 0 Å². The molecule has 0 radical (unpaired) electrons. The summed E-state index contributed by atoms with van der Waals surface area (Å²) in [6.07, 6.45) is 3.07. The molecule has 1 aromatic heterocycles. The van der Waals surface area contributed by atoms with E-state index in [4.69, 9.17) is 15.6 Å². The van der Waals surface area contributed by atoms with Gasteiger partial charge >= 0.3 is 11.9 Å². The number of aliphatic imine (C=N–C) groups is 1. The lowest BCUT2D eigenvalue weighted by molar-refractivity contribution is -0.135. The first kappa shape index (κ1) is 16.0. The Balaban J connectivity index is 0.000000172. The number of hydrogen-bond acceptors (Lipinski definition) is 5. The predicted molar refractivity (Wildman–Crippen MR) is 84.9 cm³/mol. The summed E-state index contributed by atoms with van der Waals surface area (Å²) < 4.78 is 0. The average Bonchev–Trinajstić information content (AvgIpc) is 2.55. The topological polar surface area (TPSA) is 124 Å². The number of hydrogen-bond donors (Lipinski definition) is 3. The van der Waals surface area contributed by atoms with Crippen LogP contribution < -0.4 is 0 Å². The van der Waals surface area contributed by atoms with Gasteiger partial charge in [-0.05, 0) is 12.1 Å². The Kier molecular flexibility index (Phi) is 4.93. The van der Waals surface area contributed by atoms with Crippen molar-refractivity contribution in [3.05, 3.63) is 53.9 Å². The number of carboxylic acid groups (broad SMARTS) is 2. The monoisotopic (exact) mass is 311 g/mol. The van der Waals surface area contributed by atoms with Gasteiger partial charge in [0.05, 0.1) is 11.2 Å². The van der Waals surface area contributed by atoms with Gasteiger partial charge in [0.15, 0.2) is 5.70 Å². The molecule has 2 aromatic rings. The first-order valence-electron chi connectivity index (χ1n) is 6.61. The lowest BCUT2D eigenvalue weighted by atomic mass is 10.0. The minimum atomic E-state index is -1.43. The van der Waals surface area contributed by atoms with Crippen LogP contribution in [0.2, 0.25) is 0 Å². The molecule has 0 unspecified atom stereocenters. The fraction of sp³-hybridized carbons (Fsp3) is 0.0625. The lowest BCUT2D eigenvalue weighted by Crippen LogP contribution is -2.20. The second-order valence-electron chi connectivity index (χ2n) is 4.52. The zero-order valence-electron chi connectivity index (χ0n) is 11.9. The van der Waals surface area contributed by atoms with Gasteiger partial charge in [-0.2, -0.15) is 0 Å². The maximum Gasteiger partial charge on any atom is 0.355 e. The van der Waals surface area contributed by atoms with Gasteiger partial charge in [-0.15, -0.1) is 0 Å². The second kappa shape index (κ2) is 7.08. The summed E-state index contributed by atoms with van der Waals surface area (Å²) in [7, 11) is 0. The van der Waals surface area contributed by atoms with Crippen LogP contribution in [0.3, 0.4) is 0 Å². The van der Waals surface area contributed by atoms with Crippen LogP contribution >= 0.6 is 0 Å². The standard InChI is InChI=1S/C9H7N.C7H6N2O4/c1-2-6-9-8(4-1)5-3-7-10-9;8-3-1-2-9-5(7(12)13)4(3)6(10)11/h1-7H;2,8H,1H2,(H,10,11)(H,12,13). The SMILES string of the molecule is N=C1CC=NC(C(=O)O)=C1C(=O)O.c1ccc2ncccc2c1. The van der Waals surface area contributed by atoms with E-state index in [1.807, 2.05) is 30.5 Å². The maximum atomic E-state index is 10.5. The van der Waals surface area contributed by atoms with Crippen molar-refractivity contribution in [1.29, 1.82) is 5.41 Å². The van der Waals surface area contributed by atoms with E-state index in [0.29, 0.717) is 0 Å². The van der Waals surface area contributed by atoms with E-state index in [0.717, 1.165) is 5.52 Å². The summed E-state index contributed by atoms with van der Waals surface area (Å²) in [5.74, 6) is -2.86. The highest BCUT2D eigenvalue weighted by molar-refractivity contribution is 6.26. The predicted octanol–water partition coefficient (Wildman–Crippen LogP) is 2.14. The Morgan fingerprint density at radius 3 is 2.35 bits per heavy atom. The number of nitrogens with zero attached hydrogens (tertiary/aromatic N) is 2. The molecule has 0 saturated carbocycles. The molecule has 2 heterocycles. The van der Waals surface area contributed by atoms with Gasteiger partial charge in [-0.1, -0.05) is 24.3 Å². The third-order valence-corrected chi connectivity index (χ3v) is 2.98. The van der Waals surface area contributed by atoms with E-state index >= 15 is 0 Å².